The number of alkyl halides is 1. The average Bonchev–Trinajstić information content (AvgIpc) is 2.24. The minimum absolute atomic E-state index is 0.0685. The van der Waals surface area contributed by atoms with E-state index in [2.05, 4.69) is 15.9 Å². The van der Waals surface area contributed by atoms with Crippen LogP contribution < -0.4 is 5.56 Å². The number of halogens is 2. The Morgan fingerprint density at radius 1 is 1.62 bits per heavy atom. The minimum Gasteiger partial charge on any atom is -0.308 e. The maximum atomic E-state index is 11.7. The van der Waals surface area contributed by atoms with Gasteiger partial charge in [-0.15, -0.1) is 11.6 Å². The van der Waals surface area contributed by atoms with Gasteiger partial charge in [0.1, 0.15) is 0 Å². The van der Waals surface area contributed by atoms with Crippen molar-refractivity contribution in [3.05, 3.63) is 36.7 Å². The summed E-state index contributed by atoms with van der Waals surface area (Å²) in [6.45, 7) is 1.91. The van der Waals surface area contributed by atoms with Crippen LogP contribution in [0.25, 0.3) is 0 Å². The topological polar surface area (TPSA) is 65.1 Å². The van der Waals surface area contributed by atoms with E-state index >= 15 is 0 Å². The molecule has 0 unspecified atom stereocenters. The quantitative estimate of drug-likeness (QED) is 0.487. The van der Waals surface area contributed by atoms with Crippen molar-refractivity contribution in [1.29, 1.82) is 0 Å². The number of rotatable bonds is 4. The highest BCUT2D eigenvalue weighted by atomic mass is 79.9. The Hall–Kier alpha value is -0.880. The molecular weight excluding hydrogens is 299 g/mol. The minimum atomic E-state index is -0.503. The molecule has 88 valence electrons. The third kappa shape index (κ3) is 2.62. The molecule has 0 aromatic carbocycles. The van der Waals surface area contributed by atoms with Gasteiger partial charge in [-0.3, -0.25) is 14.9 Å². The van der Waals surface area contributed by atoms with E-state index in [0.717, 1.165) is 0 Å². The molecule has 0 saturated heterocycles. The van der Waals surface area contributed by atoms with Crippen molar-refractivity contribution in [3.63, 3.8) is 0 Å². The van der Waals surface area contributed by atoms with Crippen LogP contribution in [0.5, 0.6) is 0 Å². The molecule has 0 bridgehead atoms. The maximum Gasteiger partial charge on any atom is 0.289 e. The van der Waals surface area contributed by atoms with Crippen LogP contribution >= 0.6 is 27.5 Å². The van der Waals surface area contributed by atoms with E-state index in [9.17, 15) is 14.9 Å². The predicted octanol–water partition coefficient (Wildman–Crippen LogP) is 2.46. The lowest BCUT2D eigenvalue weighted by molar-refractivity contribution is -0.386. The second-order valence-corrected chi connectivity index (χ2v) is 4.42. The molecule has 0 atom stereocenters. The summed E-state index contributed by atoms with van der Waals surface area (Å²) >= 11 is 8.59. The van der Waals surface area contributed by atoms with Crippen LogP contribution in [0, 0.1) is 17.0 Å². The van der Waals surface area contributed by atoms with E-state index in [1.807, 2.05) is 0 Å². The van der Waals surface area contributed by atoms with E-state index in [4.69, 9.17) is 11.6 Å². The predicted molar refractivity (Wildman–Crippen MR) is 65.1 cm³/mol. The summed E-state index contributed by atoms with van der Waals surface area (Å²) in [5.74, 6) is 0.408. The molecule has 0 spiro atoms. The maximum absolute atomic E-state index is 11.7. The SMILES string of the molecule is Cc1c([N+](=O)[O-])cn(CCCCl)c(=O)c1Br. The van der Waals surface area contributed by atoms with Gasteiger partial charge in [0, 0.05) is 18.0 Å². The molecule has 0 aliphatic carbocycles. The number of hydrogen-bond donors (Lipinski definition) is 0. The Morgan fingerprint density at radius 3 is 2.75 bits per heavy atom. The first-order valence-corrected chi connectivity index (χ1v) is 5.91. The number of aryl methyl sites for hydroxylation is 1. The molecule has 1 aromatic rings. The van der Waals surface area contributed by atoms with Crippen molar-refractivity contribution >= 4 is 33.2 Å². The third-order valence-electron chi connectivity index (χ3n) is 2.17. The summed E-state index contributed by atoms with van der Waals surface area (Å²) in [6.07, 6.45) is 1.85. The first kappa shape index (κ1) is 13.2. The van der Waals surface area contributed by atoms with Crippen LogP contribution in [0.4, 0.5) is 5.69 Å². The number of hydrogen-bond acceptors (Lipinski definition) is 3. The normalized spacial score (nSPS) is 10.4. The van der Waals surface area contributed by atoms with Crippen LogP contribution in [0.1, 0.15) is 12.0 Å². The molecule has 0 fully saturated rings. The zero-order valence-corrected chi connectivity index (χ0v) is 10.9. The zero-order valence-electron chi connectivity index (χ0n) is 8.57. The molecule has 7 heteroatoms. The van der Waals surface area contributed by atoms with E-state index in [1.165, 1.54) is 17.7 Å². The Balaban J connectivity index is 3.30. The molecule has 1 rings (SSSR count). The van der Waals surface area contributed by atoms with Crippen LogP contribution in [-0.2, 0) is 6.54 Å². The van der Waals surface area contributed by atoms with Crippen LogP contribution in [0.2, 0.25) is 0 Å². The largest absolute Gasteiger partial charge is 0.308 e. The summed E-state index contributed by atoms with van der Waals surface area (Å²) in [7, 11) is 0. The van der Waals surface area contributed by atoms with Crippen LogP contribution in [-0.4, -0.2) is 15.4 Å². The Labute approximate surface area is 105 Å². The molecule has 0 aliphatic rings. The van der Waals surface area contributed by atoms with Gasteiger partial charge in [-0.2, -0.15) is 0 Å². The van der Waals surface area contributed by atoms with E-state index in [1.54, 1.807) is 0 Å². The fraction of sp³-hybridized carbons (Fsp3) is 0.444. The number of nitrogens with zero attached hydrogens (tertiary/aromatic N) is 2. The molecule has 1 heterocycles. The van der Waals surface area contributed by atoms with E-state index in [0.29, 0.717) is 24.4 Å². The molecular formula is C9H10BrClN2O3. The molecule has 0 amide bonds. The molecule has 1 aromatic heterocycles. The van der Waals surface area contributed by atoms with Gasteiger partial charge >= 0.3 is 0 Å². The molecule has 0 saturated carbocycles. The van der Waals surface area contributed by atoms with Gasteiger partial charge in [0.2, 0.25) is 0 Å². The van der Waals surface area contributed by atoms with Gasteiger partial charge in [0.05, 0.1) is 15.6 Å². The summed E-state index contributed by atoms with van der Waals surface area (Å²) in [4.78, 5) is 22.0. The number of nitro groups is 1. The summed E-state index contributed by atoms with van der Waals surface area (Å²) < 4.78 is 1.54. The molecule has 0 radical (unpaired) electrons. The first-order chi connectivity index (χ1) is 7.49. The summed E-state index contributed by atoms with van der Waals surface area (Å²) in [5, 5.41) is 10.8. The van der Waals surface area contributed by atoms with Crippen molar-refractivity contribution in [2.45, 2.75) is 19.9 Å². The van der Waals surface area contributed by atoms with E-state index in [-0.39, 0.29) is 15.7 Å². The highest BCUT2D eigenvalue weighted by molar-refractivity contribution is 9.10. The summed E-state index contributed by atoms with van der Waals surface area (Å²) in [5.41, 5.74) is 0.00591. The molecule has 5 nitrogen and oxygen atoms in total. The van der Waals surface area contributed by atoms with Gasteiger partial charge in [-0.1, -0.05) is 0 Å². The van der Waals surface area contributed by atoms with Crippen molar-refractivity contribution in [1.82, 2.24) is 4.57 Å². The fourth-order valence-corrected chi connectivity index (χ4v) is 1.83. The molecule has 0 N–H and O–H groups in total. The Bertz CT molecular complexity index is 473. The lowest BCUT2D eigenvalue weighted by atomic mass is 10.2. The standard InChI is InChI=1S/C9H10BrClN2O3/c1-6-7(13(15)16)5-12(4-2-3-11)9(14)8(6)10/h5H,2-4H2,1H3. The van der Waals surface area contributed by atoms with Gasteiger partial charge in [-0.05, 0) is 29.3 Å². The van der Waals surface area contributed by atoms with Gasteiger partial charge in [-0.25, -0.2) is 0 Å². The zero-order chi connectivity index (χ0) is 12.3. The Kier molecular flexibility index (Phi) is 4.49. The third-order valence-corrected chi connectivity index (χ3v) is 3.37. The average molecular weight is 310 g/mol. The lowest BCUT2D eigenvalue weighted by Crippen LogP contribution is -2.22. The molecule has 16 heavy (non-hydrogen) atoms. The summed E-state index contributed by atoms with van der Waals surface area (Å²) in [6, 6.07) is 0. The smallest absolute Gasteiger partial charge is 0.289 e. The van der Waals surface area contributed by atoms with Crippen molar-refractivity contribution < 1.29 is 4.92 Å². The van der Waals surface area contributed by atoms with Crippen molar-refractivity contribution in [2.24, 2.45) is 0 Å². The highest BCUT2D eigenvalue weighted by Gasteiger charge is 2.17. The molecule has 0 aliphatic heterocycles. The lowest BCUT2D eigenvalue weighted by Gasteiger charge is -2.07. The second kappa shape index (κ2) is 5.45. The van der Waals surface area contributed by atoms with Gasteiger partial charge < -0.3 is 4.57 Å². The first-order valence-electron chi connectivity index (χ1n) is 4.59. The highest BCUT2D eigenvalue weighted by Crippen LogP contribution is 2.22. The Morgan fingerprint density at radius 2 is 2.25 bits per heavy atom. The number of aromatic nitrogens is 1. The van der Waals surface area contributed by atoms with Gasteiger partial charge in [0.15, 0.2) is 0 Å². The monoisotopic (exact) mass is 308 g/mol. The van der Waals surface area contributed by atoms with Crippen LogP contribution in [0.3, 0.4) is 0 Å². The fourth-order valence-electron chi connectivity index (χ4n) is 1.28. The van der Waals surface area contributed by atoms with Crippen molar-refractivity contribution in [2.75, 3.05) is 5.88 Å². The van der Waals surface area contributed by atoms with E-state index < -0.39 is 4.92 Å². The van der Waals surface area contributed by atoms with Crippen molar-refractivity contribution in [3.8, 4) is 0 Å². The number of pyridine rings is 1. The van der Waals surface area contributed by atoms with Crippen LogP contribution in [0.15, 0.2) is 15.5 Å². The second-order valence-electron chi connectivity index (χ2n) is 3.25. The van der Waals surface area contributed by atoms with Gasteiger partial charge in [0.25, 0.3) is 11.2 Å².